The molecule has 0 aromatic carbocycles. The molecule has 0 aliphatic rings. The van der Waals surface area contributed by atoms with E-state index >= 15 is 0 Å². The molecule has 72 valence electrons. The van der Waals surface area contributed by atoms with E-state index in [1.54, 1.807) is 0 Å². The van der Waals surface area contributed by atoms with Gasteiger partial charge in [0.25, 0.3) is 0 Å². The largest absolute Gasteiger partial charge is 0.103 e. The fourth-order valence-electron chi connectivity index (χ4n) is 1.37. The van der Waals surface area contributed by atoms with Gasteiger partial charge in [-0.3, -0.25) is 0 Å². The van der Waals surface area contributed by atoms with Crippen molar-refractivity contribution in [3.8, 4) is 0 Å². The first-order valence-electron chi connectivity index (χ1n) is 5.38. The molecule has 0 radical (unpaired) electrons. The number of unbranched alkanes of at least 4 members (excludes halogenated alkanes) is 5. The zero-order valence-corrected chi connectivity index (χ0v) is 8.81. The smallest absolute Gasteiger partial charge is 0.0353 e. The summed E-state index contributed by atoms with van der Waals surface area (Å²) < 4.78 is 0. The van der Waals surface area contributed by atoms with Crippen LogP contribution in [0.2, 0.25) is 0 Å². The average molecular weight is 168 g/mol. The van der Waals surface area contributed by atoms with Crippen LogP contribution in [0.5, 0.6) is 0 Å². The first kappa shape index (κ1) is 11.7. The van der Waals surface area contributed by atoms with Crippen molar-refractivity contribution in [3.63, 3.8) is 0 Å². The predicted molar refractivity (Wildman–Crippen MR) is 57.4 cm³/mol. The molecule has 0 nitrogen and oxygen atoms in total. The van der Waals surface area contributed by atoms with Gasteiger partial charge >= 0.3 is 0 Å². The van der Waals surface area contributed by atoms with Gasteiger partial charge in [-0.05, 0) is 18.8 Å². The van der Waals surface area contributed by atoms with Gasteiger partial charge in [-0.1, -0.05) is 52.0 Å². The molecule has 0 saturated carbocycles. The number of hydrogen-bond acceptors (Lipinski definition) is 0. The monoisotopic (exact) mass is 168 g/mol. The van der Waals surface area contributed by atoms with Gasteiger partial charge in [-0.15, -0.1) is 6.58 Å². The molecule has 0 bridgehead atoms. The van der Waals surface area contributed by atoms with Crippen molar-refractivity contribution in [1.82, 2.24) is 0 Å². The van der Waals surface area contributed by atoms with Crippen LogP contribution >= 0.6 is 0 Å². The van der Waals surface area contributed by atoms with E-state index in [4.69, 9.17) is 0 Å². The topological polar surface area (TPSA) is 0 Å². The quantitative estimate of drug-likeness (QED) is 0.368. The summed E-state index contributed by atoms with van der Waals surface area (Å²) >= 11 is 0. The summed E-state index contributed by atoms with van der Waals surface area (Å²) in [6.45, 7) is 8.32. The molecule has 0 unspecified atom stereocenters. The maximum atomic E-state index is 3.72. The molecule has 0 aliphatic heterocycles. The van der Waals surface area contributed by atoms with Gasteiger partial charge in [0.15, 0.2) is 0 Å². The van der Waals surface area contributed by atoms with Crippen LogP contribution < -0.4 is 0 Å². The highest BCUT2D eigenvalue weighted by Crippen LogP contribution is 2.11. The van der Waals surface area contributed by atoms with E-state index in [0.29, 0.717) is 0 Å². The molecule has 0 N–H and O–H groups in total. The summed E-state index contributed by atoms with van der Waals surface area (Å²) in [6, 6.07) is 0. The Bertz CT molecular complexity index is 92.2. The summed E-state index contributed by atoms with van der Waals surface area (Å²) in [5, 5.41) is 0. The summed E-state index contributed by atoms with van der Waals surface area (Å²) in [5.74, 6) is 0.887. The van der Waals surface area contributed by atoms with Crippen molar-refractivity contribution in [2.45, 2.75) is 58.8 Å². The van der Waals surface area contributed by atoms with Gasteiger partial charge in [0.1, 0.15) is 0 Å². The highest BCUT2D eigenvalue weighted by molar-refractivity contribution is 4.65. The van der Waals surface area contributed by atoms with Crippen molar-refractivity contribution in [3.05, 3.63) is 12.7 Å². The SMILES string of the molecule is C=CCCCCCCCC(C)C. The number of rotatable bonds is 8. The Morgan fingerprint density at radius 3 is 2.17 bits per heavy atom. The Hall–Kier alpha value is -0.260. The highest BCUT2D eigenvalue weighted by atomic mass is 14.0. The lowest BCUT2D eigenvalue weighted by atomic mass is 10.0. The molecule has 0 aromatic heterocycles. The fraction of sp³-hybridized carbons (Fsp3) is 0.833. The minimum atomic E-state index is 0.887. The lowest BCUT2D eigenvalue weighted by Crippen LogP contribution is -1.86. The van der Waals surface area contributed by atoms with E-state index < -0.39 is 0 Å². The van der Waals surface area contributed by atoms with Crippen molar-refractivity contribution >= 4 is 0 Å². The second-order valence-electron chi connectivity index (χ2n) is 4.03. The molecular weight excluding hydrogens is 144 g/mol. The molecule has 12 heavy (non-hydrogen) atoms. The van der Waals surface area contributed by atoms with Gasteiger partial charge in [-0.2, -0.15) is 0 Å². The van der Waals surface area contributed by atoms with E-state index in [2.05, 4.69) is 20.4 Å². The Kier molecular flexibility index (Phi) is 8.64. The second-order valence-corrected chi connectivity index (χ2v) is 4.03. The van der Waals surface area contributed by atoms with Gasteiger partial charge in [0, 0.05) is 0 Å². The van der Waals surface area contributed by atoms with Crippen LogP contribution in [0, 0.1) is 5.92 Å². The van der Waals surface area contributed by atoms with Crippen molar-refractivity contribution < 1.29 is 0 Å². The summed E-state index contributed by atoms with van der Waals surface area (Å²) in [5.41, 5.74) is 0. The van der Waals surface area contributed by atoms with Crippen molar-refractivity contribution in [2.75, 3.05) is 0 Å². The van der Waals surface area contributed by atoms with E-state index in [1.165, 1.54) is 44.9 Å². The normalized spacial score (nSPS) is 10.6. The highest BCUT2D eigenvalue weighted by Gasteiger charge is 1.93. The molecule has 0 aromatic rings. The maximum absolute atomic E-state index is 3.72. The standard InChI is InChI=1S/C12H24/c1-4-5-6-7-8-9-10-11-12(2)3/h4,12H,1,5-11H2,2-3H3. The van der Waals surface area contributed by atoms with Crippen molar-refractivity contribution in [1.29, 1.82) is 0 Å². The molecule has 0 heteroatoms. The van der Waals surface area contributed by atoms with Crippen LogP contribution in [-0.4, -0.2) is 0 Å². The molecule has 0 aliphatic carbocycles. The molecular formula is C12H24. The molecule has 0 rings (SSSR count). The molecule has 0 amide bonds. The van der Waals surface area contributed by atoms with Gasteiger partial charge < -0.3 is 0 Å². The summed E-state index contributed by atoms with van der Waals surface area (Å²) in [6.07, 6.45) is 11.6. The lowest BCUT2D eigenvalue weighted by molar-refractivity contribution is 0.516. The minimum Gasteiger partial charge on any atom is -0.103 e. The minimum absolute atomic E-state index is 0.887. The third-order valence-corrected chi connectivity index (χ3v) is 2.19. The first-order chi connectivity index (χ1) is 5.77. The van der Waals surface area contributed by atoms with Crippen LogP contribution in [0.15, 0.2) is 12.7 Å². The predicted octanol–water partition coefficient (Wildman–Crippen LogP) is 4.56. The number of allylic oxidation sites excluding steroid dienone is 1. The molecule has 0 atom stereocenters. The van der Waals surface area contributed by atoms with Gasteiger partial charge in [-0.25, -0.2) is 0 Å². The lowest BCUT2D eigenvalue weighted by Gasteiger charge is -2.03. The summed E-state index contributed by atoms with van der Waals surface area (Å²) in [7, 11) is 0. The van der Waals surface area contributed by atoms with E-state index in [-0.39, 0.29) is 0 Å². The van der Waals surface area contributed by atoms with E-state index in [1.807, 2.05) is 6.08 Å². The van der Waals surface area contributed by atoms with Gasteiger partial charge in [0.2, 0.25) is 0 Å². The zero-order chi connectivity index (χ0) is 9.23. The zero-order valence-electron chi connectivity index (χ0n) is 8.81. The van der Waals surface area contributed by atoms with Gasteiger partial charge in [0.05, 0.1) is 0 Å². The Labute approximate surface area is 78.1 Å². The third-order valence-electron chi connectivity index (χ3n) is 2.19. The Morgan fingerprint density at radius 2 is 1.58 bits per heavy atom. The maximum Gasteiger partial charge on any atom is -0.0353 e. The summed E-state index contributed by atoms with van der Waals surface area (Å²) in [4.78, 5) is 0. The molecule has 0 saturated heterocycles. The van der Waals surface area contributed by atoms with E-state index in [0.717, 1.165) is 5.92 Å². The average Bonchev–Trinajstić information content (AvgIpc) is 2.02. The number of hydrogen-bond donors (Lipinski definition) is 0. The fourth-order valence-corrected chi connectivity index (χ4v) is 1.37. The molecule has 0 spiro atoms. The molecule has 0 fully saturated rings. The second kappa shape index (κ2) is 8.83. The first-order valence-corrected chi connectivity index (χ1v) is 5.38. The van der Waals surface area contributed by atoms with Crippen LogP contribution in [0.3, 0.4) is 0 Å². The van der Waals surface area contributed by atoms with E-state index in [9.17, 15) is 0 Å². The third kappa shape index (κ3) is 9.74. The Balaban J connectivity index is 2.86. The van der Waals surface area contributed by atoms with Crippen LogP contribution in [0.25, 0.3) is 0 Å². The van der Waals surface area contributed by atoms with Crippen LogP contribution in [-0.2, 0) is 0 Å². The van der Waals surface area contributed by atoms with Crippen LogP contribution in [0.1, 0.15) is 58.8 Å². The molecule has 0 heterocycles. The Morgan fingerprint density at radius 1 is 1.00 bits per heavy atom. The van der Waals surface area contributed by atoms with Crippen molar-refractivity contribution in [2.24, 2.45) is 5.92 Å². The van der Waals surface area contributed by atoms with Crippen LogP contribution in [0.4, 0.5) is 0 Å².